The molecule has 0 bridgehead atoms. The van der Waals surface area contributed by atoms with Crippen LogP contribution in [0.15, 0.2) is 55.9 Å². The average molecular weight is 631 g/mol. The first-order valence-corrected chi connectivity index (χ1v) is 16.2. The highest BCUT2D eigenvalue weighted by Crippen LogP contribution is 2.55. The van der Waals surface area contributed by atoms with Gasteiger partial charge < -0.3 is 0 Å². The number of phosphoric acid groups is 1. The Morgan fingerprint density at radius 2 is 1.60 bits per heavy atom. The molecule has 43 heavy (non-hydrogen) atoms. The lowest BCUT2D eigenvalue weighted by molar-refractivity contribution is -0.117. The molecule has 0 radical (unpaired) electrons. The Kier molecular flexibility index (Phi) is 9.21. The highest BCUT2D eigenvalue weighted by atomic mass is 32.1. The van der Waals surface area contributed by atoms with Crippen molar-refractivity contribution in [3.8, 4) is 11.3 Å². The number of rotatable bonds is 8. The molecule has 232 valence electrons. The first-order chi connectivity index (χ1) is 19.9. The van der Waals surface area contributed by atoms with Crippen LogP contribution in [-0.2, 0) is 50.2 Å². The first-order valence-electron chi connectivity index (χ1n) is 13.8. The molecule has 0 saturated heterocycles. The number of hydrogen-bond acceptors (Lipinski definition) is 8. The molecule has 11 nitrogen and oxygen atoms in total. The number of allylic oxidation sites excluding steroid dienone is 1. The molecule has 0 atom stereocenters. The molecule has 1 amide bonds. The highest BCUT2D eigenvalue weighted by Gasteiger charge is 2.37. The second-order valence-corrected chi connectivity index (χ2v) is 14.8. The smallest absolute Gasteiger partial charge is 0.300 e. The fraction of sp³-hybridized carbons (Fsp3) is 0.467. The van der Waals surface area contributed by atoms with Crippen molar-refractivity contribution in [2.24, 2.45) is 19.1 Å². The molecule has 1 aliphatic carbocycles. The predicted octanol–water partition coefficient (Wildman–Crippen LogP) is 5.17. The van der Waals surface area contributed by atoms with Crippen LogP contribution in [-0.4, -0.2) is 30.8 Å². The predicted molar refractivity (Wildman–Crippen MR) is 167 cm³/mol. The van der Waals surface area contributed by atoms with E-state index < -0.39 is 36.2 Å². The van der Waals surface area contributed by atoms with Gasteiger partial charge in [-0.2, -0.15) is 4.99 Å². The van der Waals surface area contributed by atoms with Gasteiger partial charge in [0.15, 0.2) is 4.80 Å². The van der Waals surface area contributed by atoms with E-state index in [-0.39, 0.29) is 13.2 Å². The number of benzene rings is 1. The van der Waals surface area contributed by atoms with Gasteiger partial charge in [0, 0.05) is 31.6 Å². The van der Waals surface area contributed by atoms with E-state index in [0.717, 1.165) is 15.7 Å². The van der Waals surface area contributed by atoms with E-state index in [1.165, 1.54) is 23.0 Å². The van der Waals surface area contributed by atoms with Gasteiger partial charge in [0.25, 0.3) is 11.5 Å². The second-order valence-electron chi connectivity index (χ2n) is 12.5. The maximum absolute atomic E-state index is 13.8. The molecule has 13 heteroatoms. The molecule has 0 saturated carbocycles. The summed E-state index contributed by atoms with van der Waals surface area (Å²) in [4.78, 5) is 43.6. The lowest BCUT2D eigenvalue weighted by Gasteiger charge is -2.31. The highest BCUT2D eigenvalue weighted by molar-refractivity contribution is 7.48. The second kappa shape index (κ2) is 12.1. The van der Waals surface area contributed by atoms with Gasteiger partial charge in [0.1, 0.15) is 6.73 Å². The fourth-order valence-electron chi connectivity index (χ4n) is 4.76. The van der Waals surface area contributed by atoms with Crippen molar-refractivity contribution in [2.45, 2.75) is 79.2 Å². The molecular formula is C30H39N4O7PS. The number of fused-ring (bicyclic) bond motifs is 1. The third-order valence-corrected chi connectivity index (χ3v) is 9.41. The van der Waals surface area contributed by atoms with Crippen molar-refractivity contribution in [1.29, 1.82) is 0 Å². The minimum absolute atomic E-state index is 0.121. The summed E-state index contributed by atoms with van der Waals surface area (Å²) in [6, 6.07) is 9.48. The Morgan fingerprint density at radius 1 is 1.00 bits per heavy atom. The molecule has 3 aromatic rings. The summed E-state index contributed by atoms with van der Waals surface area (Å²) in [5.74, 6) is -0.478. The minimum atomic E-state index is -4.07. The Morgan fingerprint density at radius 3 is 2.19 bits per heavy atom. The summed E-state index contributed by atoms with van der Waals surface area (Å²) in [5.41, 5.74) is 1.42. The molecule has 0 spiro atoms. The summed E-state index contributed by atoms with van der Waals surface area (Å²) in [6.07, 6.45) is 0.284. The van der Waals surface area contributed by atoms with Crippen LogP contribution in [0.4, 0.5) is 0 Å². The number of thiazole rings is 1. The van der Waals surface area contributed by atoms with Crippen LogP contribution in [0.5, 0.6) is 0 Å². The number of nitrogens with zero attached hydrogens (tertiary/aromatic N) is 4. The van der Waals surface area contributed by atoms with E-state index in [0.29, 0.717) is 33.7 Å². The lowest BCUT2D eigenvalue weighted by Crippen LogP contribution is -2.40. The van der Waals surface area contributed by atoms with Crippen molar-refractivity contribution in [3.05, 3.63) is 78.2 Å². The molecule has 0 aliphatic heterocycles. The summed E-state index contributed by atoms with van der Waals surface area (Å²) < 4.78 is 35.4. The topological polar surface area (TPSA) is 123 Å². The van der Waals surface area contributed by atoms with Gasteiger partial charge in [0.05, 0.1) is 28.9 Å². The average Bonchev–Trinajstić information content (AvgIpc) is 3.43. The molecule has 2 heterocycles. The van der Waals surface area contributed by atoms with Gasteiger partial charge in [-0.3, -0.25) is 36.9 Å². The largest absolute Gasteiger partial charge is 0.477 e. The third-order valence-electron chi connectivity index (χ3n) is 6.57. The number of carbonyl (C=O) groups is 1. The van der Waals surface area contributed by atoms with E-state index in [9.17, 15) is 18.9 Å². The van der Waals surface area contributed by atoms with Crippen LogP contribution in [0.3, 0.4) is 0 Å². The molecule has 0 fully saturated rings. The third kappa shape index (κ3) is 7.50. The SMILES string of the molecule is CC1=C(CC(=O)N=c2scc(-c3ccccc3)n2COP(=O)(OC(C)(C)C)OC(C)(C)C)c2c(n(C)c(=O)n(C)c2=O)C1. The summed E-state index contributed by atoms with van der Waals surface area (Å²) >= 11 is 1.23. The van der Waals surface area contributed by atoms with Gasteiger partial charge in [-0.25, -0.2) is 9.36 Å². The van der Waals surface area contributed by atoms with Crippen molar-refractivity contribution in [2.75, 3.05) is 0 Å². The van der Waals surface area contributed by atoms with E-state index in [4.69, 9.17) is 13.6 Å². The van der Waals surface area contributed by atoms with Crippen LogP contribution in [0.25, 0.3) is 16.8 Å². The van der Waals surface area contributed by atoms with Gasteiger partial charge in [0.2, 0.25) is 0 Å². The Labute approximate surface area is 254 Å². The molecule has 0 unspecified atom stereocenters. The van der Waals surface area contributed by atoms with Gasteiger partial charge in [-0.05, 0) is 59.6 Å². The number of phosphoric ester groups is 1. The number of hydrogen-bond donors (Lipinski definition) is 0. The van der Waals surface area contributed by atoms with Crippen LogP contribution in [0.1, 0.15) is 66.1 Å². The van der Waals surface area contributed by atoms with Crippen molar-refractivity contribution < 1.29 is 22.9 Å². The Hall–Kier alpha value is -3.15. The molecule has 0 N–H and O–H groups in total. The van der Waals surface area contributed by atoms with Crippen molar-refractivity contribution in [3.63, 3.8) is 0 Å². The summed E-state index contributed by atoms with van der Waals surface area (Å²) in [6.45, 7) is 12.1. The number of carbonyl (C=O) groups excluding carboxylic acids is 1. The number of amides is 1. The van der Waals surface area contributed by atoms with E-state index in [1.807, 2.05) is 42.6 Å². The zero-order chi connectivity index (χ0) is 31.9. The summed E-state index contributed by atoms with van der Waals surface area (Å²) in [7, 11) is -1.03. The molecule has 1 aliphatic rings. The monoisotopic (exact) mass is 630 g/mol. The van der Waals surface area contributed by atoms with E-state index in [2.05, 4.69) is 4.99 Å². The molecule has 4 rings (SSSR count). The lowest BCUT2D eigenvalue weighted by atomic mass is 10.1. The Bertz CT molecular complexity index is 1800. The number of aromatic nitrogens is 3. The Balaban J connectivity index is 1.73. The van der Waals surface area contributed by atoms with E-state index in [1.54, 1.807) is 53.2 Å². The fourth-order valence-corrected chi connectivity index (χ4v) is 7.41. The van der Waals surface area contributed by atoms with E-state index >= 15 is 0 Å². The quantitative estimate of drug-likeness (QED) is 0.315. The maximum atomic E-state index is 13.8. The van der Waals surface area contributed by atoms with Gasteiger partial charge in [-0.1, -0.05) is 35.9 Å². The van der Waals surface area contributed by atoms with Crippen LogP contribution in [0.2, 0.25) is 0 Å². The van der Waals surface area contributed by atoms with Crippen molar-refractivity contribution in [1.82, 2.24) is 13.7 Å². The van der Waals surface area contributed by atoms with Crippen LogP contribution in [0, 0.1) is 0 Å². The van der Waals surface area contributed by atoms with Crippen molar-refractivity contribution >= 4 is 30.6 Å². The molecular weight excluding hydrogens is 591 g/mol. The summed E-state index contributed by atoms with van der Waals surface area (Å²) in [5, 5.41) is 1.84. The van der Waals surface area contributed by atoms with Crippen LogP contribution < -0.4 is 16.1 Å². The maximum Gasteiger partial charge on any atom is 0.477 e. The zero-order valence-corrected chi connectivity index (χ0v) is 27.8. The van der Waals surface area contributed by atoms with Gasteiger partial charge in [-0.15, -0.1) is 11.3 Å². The normalized spacial score (nSPS) is 14.5. The molecule has 2 aromatic heterocycles. The van der Waals surface area contributed by atoms with Crippen LogP contribution >= 0.6 is 19.2 Å². The zero-order valence-electron chi connectivity index (χ0n) is 26.1. The first kappa shape index (κ1) is 32.8. The molecule has 1 aromatic carbocycles. The standard InChI is InChI=1S/C30H39N4O7PS/c1-19-15-22-25(26(36)33(9)28(37)32(22)8)21(19)16-24(35)31-27-34(23(17-43-27)20-13-11-10-12-14-20)18-39-42(38,40-29(2,3)4)41-30(5,6)7/h10-14,17H,15-16,18H2,1-9H3. The van der Waals surface area contributed by atoms with Gasteiger partial charge >= 0.3 is 13.5 Å². The minimum Gasteiger partial charge on any atom is -0.300 e.